The van der Waals surface area contributed by atoms with Crippen LogP contribution in [-0.2, 0) is 4.79 Å². The number of amides is 1. The number of nitro benzene ring substituents is 1. The van der Waals surface area contributed by atoms with Gasteiger partial charge in [-0.1, -0.05) is 42.5 Å². The van der Waals surface area contributed by atoms with Crippen molar-refractivity contribution in [3.8, 4) is 0 Å². The summed E-state index contributed by atoms with van der Waals surface area (Å²) in [6, 6.07) is 20.8. The first kappa shape index (κ1) is 18.2. The zero-order valence-corrected chi connectivity index (χ0v) is 15.0. The fourth-order valence-corrected chi connectivity index (χ4v) is 3.08. The third kappa shape index (κ3) is 3.41. The van der Waals surface area contributed by atoms with Crippen LogP contribution in [0.25, 0.3) is 6.08 Å². The number of para-hydroxylation sites is 2. The van der Waals surface area contributed by atoms with Crippen molar-refractivity contribution in [1.29, 1.82) is 0 Å². The summed E-state index contributed by atoms with van der Waals surface area (Å²) in [7, 11) is 0. The molecule has 7 heteroatoms. The molecule has 6 nitrogen and oxygen atoms in total. The Kier molecular flexibility index (Phi) is 4.70. The summed E-state index contributed by atoms with van der Waals surface area (Å²) >= 11 is 0. The summed E-state index contributed by atoms with van der Waals surface area (Å²) in [4.78, 5) is 29.6. The van der Waals surface area contributed by atoms with Crippen LogP contribution in [0, 0.1) is 15.9 Å². The molecule has 1 aliphatic rings. The van der Waals surface area contributed by atoms with Crippen LogP contribution in [0.5, 0.6) is 0 Å². The molecule has 1 aliphatic heterocycles. The number of amidine groups is 1. The molecule has 142 valence electrons. The molecule has 1 heterocycles. The van der Waals surface area contributed by atoms with Gasteiger partial charge >= 0.3 is 0 Å². The van der Waals surface area contributed by atoms with Gasteiger partial charge < -0.3 is 0 Å². The standard InChI is InChI=1S/C22H14FN3O3/c23-18-12-6-5-11-17(18)21-24-19(14-15-8-4-7-13-20(15)26(28)29)22(27)25(21)16-9-2-1-3-10-16/h1-14H/b19-14+. The number of anilines is 1. The highest BCUT2D eigenvalue weighted by molar-refractivity contribution is 6.33. The molecule has 0 saturated heterocycles. The van der Waals surface area contributed by atoms with Crippen molar-refractivity contribution in [2.45, 2.75) is 0 Å². The largest absolute Gasteiger partial charge is 0.282 e. The molecule has 3 aromatic carbocycles. The van der Waals surface area contributed by atoms with Crippen LogP contribution in [0.1, 0.15) is 11.1 Å². The van der Waals surface area contributed by atoms with E-state index in [1.807, 2.05) is 0 Å². The molecule has 0 unspecified atom stereocenters. The maximum Gasteiger partial charge on any atom is 0.282 e. The Labute approximate surface area is 165 Å². The molecule has 0 atom stereocenters. The van der Waals surface area contributed by atoms with E-state index in [0.717, 1.165) is 0 Å². The summed E-state index contributed by atoms with van der Waals surface area (Å²) in [5.74, 6) is -0.885. The number of nitro groups is 1. The van der Waals surface area contributed by atoms with Gasteiger partial charge in [-0.3, -0.25) is 19.8 Å². The van der Waals surface area contributed by atoms with Gasteiger partial charge in [0.25, 0.3) is 11.6 Å². The molecule has 3 aromatic rings. The predicted octanol–water partition coefficient (Wildman–Crippen LogP) is 4.57. The van der Waals surface area contributed by atoms with Gasteiger partial charge in [0.2, 0.25) is 0 Å². The lowest BCUT2D eigenvalue weighted by Crippen LogP contribution is -2.33. The normalized spacial score (nSPS) is 14.9. The molecule has 0 radical (unpaired) electrons. The van der Waals surface area contributed by atoms with E-state index in [9.17, 15) is 19.3 Å². The Morgan fingerprint density at radius 1 is 0.931 bits per heavy atom. The van der Waals surface area contributed by atoms with Crippen LogP contribution in [0.15, 0.2) is 89.6 Å². The topological polar surface area (TPSA) is 75.8 Å². The fourth-order valence-electron chi connectivity index (χ4n) is 3.08. The smallest absolute Gasteiger partial charge is 0.266 e. The van der Waals surface area contributed by atoms with Gasteiger partial charge in [0.1, 0.15) is 11.5 Å². The summed E-state index contributed by atoms with van der Waals surface area (Å²) in [6.07, 6.45) is 1.35. The van der Waals surface area contributed by atoms with Crippen molar-refractivity contribution in [2.75, 3.05) is 4.90 Å². The minimum absolute atomic E-state index is 0.0126. The van der Waals surface area contributed by atoms with Gasteiger partial charge in [0, 0.05) is 6.07 Å². The average Bonchev–Trinajstić information content (AvgIpc) is 3.05. The average molecular weight is 387 g/mol. The number of nitrogens with zero attached hydrogens (tertiary/aromatic N) is 3. The number of halogens is 1. The lowest BCUT2D eigenvalue weighted by molar-refractivity contribution is -0.385. The Balaban J connectivity index is 1.88. The second-order valence-corrected chi connectivity index (χ2v) is 6.24. The van der Waals surface area contributed by atoms with Crippen LogP contribution in [0.4, 0.5) is 15.8 Å². The second-order valence-electron chi connectivity index (χ2n) is 6.24. The third-order valence-electron chi connectivity index (χ3n) is 4.42. The van der Waals surface area contributed by atoms with Crippen molar-refractivity contribution in [2.24, 2.45) is 4.99 Å². The maximum atomic E-state index is 14.5. The lowest BCUT2D eigenvalue weighted by Gasteiger charge is -2.18. The molecule has 0 spiro atoms. The number of benzene rings is 3. The number of aliphatic imine (C=N–C) groups is 1. The summed E-state index contributed by atoms with van der Waals surface area (Å²) in [5.41, 5.74) is 0.767. The second kappa shape index (κ2) is 7.47. The molecule has 0 aromatic heterocycles. The van der Waals surface area contributed by atoms with Gasteiger partial charge in [-0.05, 0) is 36.4 Å². The van der Waals surface area contributed by atoms with E-state index in [4.69, 9.17) is 0 Å². The van der Waals surface area contributed by atoms with Gasteiger partial charge in [-0.15, -0.1) is 0 Å². The lowest BCUT2D eigenvalue weighted by atomic mass is 10.1. The van der Waals surface area contributed by atoms with Crippen LogP contribution in [0.3, 0.4) is 0 Å². The van der Waals surface area contributed by atoms with Gasteiger partial charge in [0.15, 0.2) is 5.84 Å². The van der Waals surface area contributed by atoms with E-state index in [-0.39, 0.29) is 28.3 Å². The molecule has 0 N–H and O–H groups in total. The summed E-state index contributed by atoms with van der Waals surface area (Å²) < 4.78 is 14.5. The Morgan fingerprint density at radius 2 is 1.59 bits per heavy atom. The van der Waals surface area contributed by atoms with Crippen LogP contribution < -0.4 is 4.90 Å². The highest BCUT2D eigenvalue weighted by atomic mass is 19.1. The molecule has 4 rings (SSSR count). The SMILES string of the molecule is O=C1/C(=C\c2ccccc2[N+](=O)[O-])N=C(c2ccccc2F)N1c1ccccc1. The third-order valence-corrected chi connectivity index (χ3v) is 4.42. The quantitative estimate of drug-likeness (QED) is 0.374. The van der Waals surface area contributed by atoms with Crippen molar-refractivity contribution < 1.29 is 14.1 Å². The van der Waals surface area contributed by atoms with E-state index >= 15 is 0 Å². The van der Waals surface area contributed by atoms with Crippen molar-refractivity contribution in [3.05, 3.63) is 112 Å². The number of carbonyl (C=O) groups excluding carboxylic acids is 1. The molecule has 0 fully saturated rings. The fraction of sp³-hybridized carbons (Fsp3) is 0. The summed E-state index contributed by atoms with van der Waals surface area (Å²) in [6.45, 7) is 0. The van der Waals surface area contributed by atoms with Crippen molar-refractivity contribution in [1.82, 2.24) is 0 Å². The van der Waals surface area contributed by atoms with E-state index in [0.29, 0.717) is 5.69 Å². The monoisotopic (exact) mass is 387 g/mol. The maximum absolute atomic E-state index is 14.5. The highest BCUT2D eigenvalue weighted by Crippen LogP contribution is 2.30. The van der Waals surface area contributed by atoms with Crippen molar-refractivity contribution in [3.63, 3.8) is 0 Å². The molecule has 29 heavy (non-hydrogen) atoms. The number of hydrogen-bond acceptors (Lipinski definition) is 4. The minimum atomic E-state index is -0.526. The zero-order chi connectivity index (χ0) is 20.4. The van der Waals surface area contributed by atoms with E-state index in [1.165, 1.54) is 35.2 Å². The van der Waals surface area contributed by atoms with Crippen LogP contribution >= 0.6 is 0 Å². The van der Waals surface area contributed by atoms with Gasteiger partial charge in [-0.2, -0.15) is 0 Å². The number of rotatable bonds is 4. The van der Waals surface area contributed by atoms with E-state index < -0.39 is 16.6 Å². The zero-order valence-electron chi connectivity index (χ0n) is 15.0. The van der Waals surface area contributed by atoms with Crippen LogP contribution in [0.2, 0.25) is 0 Å². The molecule has 1 amide bonds. The molecule has 0 saturated carbocycles. The van der Waals surface area contributed by atoms with Crippen LogP contribution in [-0.4, -0.2) is 16.7 Å². The van der Waals surface area contributed by atoms with Crippen molar-refractivity contribution >= 4 is 29.2 Å². The first-order valence-electron chi connectivity index (χ1n) is 8.74. The number of carbonyl (C=O) groups is 1. The summed E-state index contributed by atoms with van der Waals surface area (Å²) in [5, 5.41) is 11.3. The van der Waals surface area contributed by atoms with Gasteiger partial charge in [-0.25, -0.2) is 9.38 Å². The Bertz CT molecular complexity index is 1170. The van der Waals surface area contributed by atoms with E-state index in [2.05, 4.69) is 4.99 Å². The molecule has 0 aliphatic carbocycles. The van der Waals surface area contributed by atoms with E-state index in [1.54, 1.807) is 54.6 Å². The Hall–Kier alpha value is -4.13. The number of hydrogen-bond donors (Lipinski definition) is 0. The van der Waals surface area contributed by atoms with Gasteiger partial charge in [0.05, 0.1) is 21.7 Å². The highest BCUT2D eigenvalue weighted by Gasteiger charge is 2.34. The first-order chi connectivity index (χ1) is 14.1. The Morgan fingerprint density at radius 3 is 2.31 bits per heavy atom. The first-order valence-corrected chi connectivity index (χ1v) is 8.74. The minimum Gasteiger partial charge on any atom is -0.266 e. The molecule has 0 bridgehead atoms. The molecular weight excluding hydrogens is 373 g/mol. The predicted molar refractivity (Wildman–Crippen MR) is 108 cm³/mol. The molecular formula is C22H14FN3O3.